The summed E-state index contributed by atoms with van der Waals surface area (Å²) in [6.07, 6.45) is 2.11. The summed E-state index contributed by atoms with van der Waals surface area (Å²) in [5.41, 5.74) is 7.84. The summed E-state index contributed by atoms with van der Waals surface area (Å²) in [6.45, 7) is 2.35. The maximum absolute atomic E-state index is 14.3. The van der Waals surface area contributed by atoms with E-state index in [-0.39, 0.29) is 12.4 Å². The Morgan fingerprint density at radius 1 is 1.17 bits per heavy atom. The molecule has 0 saturated heterocycles. The Balaban J connectivity index is 1.60. The predicted octanol–water partition coefficient (Wildman–Crippen LogP) is 4.48. The maximum Gasteiger partial charge on any atom is 0.461 e. The summed E-state index contributed by atoms with van der Waals surface area (Å²) in [5, 5.41) is 10.2. The molecular weight excluding hydrogens is 483 g/mol. The lowest BCUT2D eigenvalue weighted by molar-refractivity contribution is -0.293. The van der Waals surface area contributed by atoms with Crippen LogP contribution >= 0.6 is 0 Å². The molecule has 1 aliphatic heterocycles. The van der Waals surface area contributed by atoms with Gasteiger partial charge in [0.1, 0.15) is 11.7 Å². The molecular formula is C23H23F5N8. The van der Waals surface area contributed by atoms with Crippen molar-refractivity contribution in [3.05, 3.63) is 48.2 Å². The second-order valence-electron chi connectivity index (χ2n) is 9.22. The number of pyridine rings is 1. The van der Waals surface area contributed by atoms with Gasteiger partial charge in [-0.1, -0.05) is 0 Å². The zero-order chi connectivity index (χ0) is 25.9. The molecule has 0 aromatic carbocycles. The van der Waals surface area contributed by atoms with Crippen LogP contribution in [-0.4, -0.2) is 43.4 Å². The zero-order valence-electron chi connectivity index (χ0n) is 19.4. The van der Waals surface area contributed by atoms with Crippen molar-refractivity contribution in [1.82, 2.24) is 24.3 Å². The molecule has 1 spiro atoms. The summed E-state index contributed by atoms with van der Waals surface area (Å²) < 4.78 is 71.0. The number of nitrogens with one attached hydrogen (secondary N) is 1. The van der Waals surface area contributed by atoms with E-state index in [0.29, 0.717) is 36.7 Å². The van der Waals surface area contributed by atoms with Crippen LogP contribution in [-0.2, 0) is 19.0 Å². The first-order valence-corrected chi connectivity index (χ1v) is 11.2. The van der Waals surface area contributed by atoms with Crippen LogP contribution in [0.3, 0.4) is 0 Å². The Bertz CT molecular complexity index is 1380. The number of aryl methyl sites for hydroxylation is 1. The molecule has 3 aromatic rings. The minimum absolute atomic E-state index is 0.00347. The molecule has 1 saturated carbocycles. The van der Waals surface area contributed by atoms with Crippen LogP contribution in [0.5, 0.6) is 0 Å². The lowest BCUT2D eigenvalue weighted by Crippen LogP contribution is -2.37. The lowest BCUT2D eigenvalue weighted by Gasteiger charge is -2.21. The maximum atomic E-state index is 14.3. The molecule has 190 valence electrons. The number of nitrogens with two attached hydrogens (primary N) is 1. The summed E-state index contributed by atoms with van der Waals surface area (Å²) in [4.78, 5) is 8.45. The van der Waals surface area contributed by atoms with Gasteiger partial charge in [-0.15, -0.1) is 10.2 Å². The number of nitrogens with zero attached hydrogens (tertiary/aromatic N) is 6. The lowest BCUT2D eigenvalue weighted by atomic mass is 10.0. The van der Waals surface area contributed by atoms with Crippen molar-refractivity contribution in [2.75, 3.05) is 12.4 Å². The molecule has 1 aliphatic carbocycles. The van der Waals surface area contributed by atoms with Crippen molar-refractivity contribution in [1.29, 1.82) is 0 Å². The molecule has 5 rings (SSSR count). The average Bonchev–Trinajstić information content (AvgIpc) is 3.28. The number of anilines is 1. The van der Waals surface area contributed by atoms with E-state index in [1.807, 2.05) is 17.7 Å². The number of aliphatic imine (C=N–C) groups is 1. The van der Waals surface area contributed by atoms with Gasteiger partial charge in [0.15, 0.2) is 5.82 Å². The van der Waals surface area contributed by atoms with E-state index >= 15 is 0 Å². The minimum atomic E-state index is -5.77. The number of rotatable bonds is 4. The highest BCUT2D eigenvalue weighted by molar-refractivity contribution is 6.03. The second-order valence-corrected chi connectivity index (χ2v) is 9.22. The first-order chi connectivity index (χ1) is 17.0. The fraction of sp³-hybridized carbons (Fsp3) is 0.391. The first-order valence-electron chi connectivity index (χ1n) is 11.2. The monoisotopic (exact) mass is 506 g/mol. The van der Waals surface area contributed by atoms with Crippen molar-refractivity contribution in [3.8, 4) is 22.6 Å². The molecule has 8 nitrogen and oxygen atoms in total. The van der Waals surface area contributed by atoms with Gasteiger partial charge in [0.05, 0.1) is 5.69 Å². The van der Waals surface area contributed by atoms with E-state index in [1.165, 1.54) is 6.20 Å². The molecule has 1 fully saturated rings. The highest BCUT2D eigenvalue weighted by atomic mass is 19.4. The summed E-state index contributed by atoms with van der Waals surface area (Å²) >= 11 is 0. The SMILES string of the molecule is CN=C(C=CN)Nc1cc(-c2cc3n(c2)CC2(CC2)Cn2c-3nnc2C(F)(F)C(F)(F)F)c(C)cn1. The first kappa shape index (κ1) is 23.9. The number of hydrogen-bond donors (Lipinski definition) is 2. The van der Waals surface area contributed by atoms with E-state index < -0.39 is 23.3 Å². The molecule has 0 bridgehead atoms. The normalized spacial score (nSPS) is 17.2. The van der Waals surface area contributed by atoms with Crippen LogP contribution in [0.25, 0.3) is 22.6 Å². The van der Waals surface area contributed by atoms with Crippen molar-refractivity contribution in [2.45, 2.75) is 45.0 Å². The number of fused-ring (bicyclic) bond motifs is 3. The number of alkyl halides is 5. The van der Waals surface area contributed by atoms with E-state index in [2.05, 4.69) is 25.5 Å². The Hall–Kier alpha value is -3.77. The van der Waals surface area contributed by atoms with E-state index in [1.54, 1.807) is 31.5 Å². The predicted molar refractivity (Wildman–Crippen MR) is 123 cm³/mol. The summed E-state index contributed by atoms with van der Waals surface area (Å²) in [5.74, 6) is -5.50. The van der Waals surface area contributed by atoms with Crippen LogP contribution in [0.15, 0.2) is 41.8 Å². The van der Waals surface area contributed by atoms with Gasteiger partial charge in [0.2, 0.25) is 5.82 Å². The topological polar surface area (TPSA) is 98.9 Å². The van der Waals surface area contributed by atoms with Gasteiger partial charge in [0.25, 0.3) is 0 Å². The largest absolute Gasteiger partial charge is 0.461 e. The average molecular weight is 506 g/mol. The molecule has 3 N–H and O–H groups in total. The molecule has 0 radical (unpaired) electrons. The number of hydrogen-bond acceptors (Lipinski definition) is 5. The summed E-state index contributed by atoms with van der Waals surface area (Å²) in [7, 11) is 1.60. The number of halogens is 5. The number of aromatic nitrogens is 5. The van der Waals surface area contributed by atoms with Gasteiger partial charge in [0, 0.05) is 43.5 Å². The molecule has 0 atom stereocenters. The quantitative estimate of drug-likeness (QED) is 0.309. The third-order valence-electron chi connectivity index (χ3n) is 6.64. The molecule has 4 heterocycles. The van der Waals surface area contributed by atoms with Gasteiger partial charge >= 0.3 is 12.1 Å². The van der Waals surface area contributed by atoms with E-state index in [9.17, 15) is 22.0 Å². The second kappa shape index (κ2) is 8.14. The van der Waals surface area contributed by atoms with Crippen LogP contribution in [0, 0.1) is 12.3 Å². The van der Waals surface area contributed by atoms with E-state index in [0.717, 1.165) is 21.3 Å². The zero-order valence-corrected chi connectivity index (χ0v) is 19.4. The van der Waals surface area contributed by atoms with E-state index in [4.69, 9.17) is 5.73 Å². The van der Waals surface area contributed by atoms with Crippen LogP contribution in [0.1, 0.15) is 24.2 Å². The molecule has 0 unspecified atom stereocenters. The smallest absolute Gasteiger partial charge is 0.404 e. The minimum Gasteiger partial charge on any atom is -0.404 e. The third-order valence-corrected chi connectivity index (χ3v) is 6.64. The Kier molecular flexibility index (Phi) is 5.41. The van der Waals surface area contributed by atoms with Crippen LogP contribution in [0.4, 0.5) is 27.8 Å². The Morgan fingerprint density at radius 3 is 2.56 bits per heavy atom. The van der Waals surface area contributed by atoms with Crippen molar-refractivity contribution >= 4 is 11.7 Å². The Morgan fingerprint density at radius 2 is 1.92 bits per heavy atom. The van der Waals surface area contributed by atoms with Crippen molar-refractivity contribution in [3.63, 3.8) is 0 Å². The number of amidine groups is 1. The van der Waals surface area contributed by atoms with Gasteiger partial charge in [-0.25, -0.2) is 4.98 Å². The summed E-state index contributed by atoms with van der Waals surface area (Å²) in [6, 6.07) is 3.54. The molecule has 0 amide bonds. The fourth-order valence-corrected chi connectivity index (χ4v) is 4.51. The van der Waals surface area contributed by atoms with Crippen LogP contribution < -0.4 is 11.1 Å². The molecule has 3 aromatic heterocycles. The highest BCUT2D eigenvalue weighted by Gasteiger charge is 2.63. The highest BCUT2D eigenvalue weighted by Crippen LogP contribution is 2.53. The fourth-order valence-electron chi connectivity index (χ4n) is 4.51. The molecule has 13 heteroatoms. The van der Waals surface area contributed by atoms with Crippen molar-refractivity contribution in [2.24, 2.45) is 16.1 Å². The third kappa shape index (κ3) is 3.91. The standard InChI is InChI=1S/C23H23F5N8/c1-13-9-31-18(32-17(30-2)3-6-29)8-15(13)14-7-16-19-33-34-20(22(24,25)23(26,27)28)36(19)12-21(4-5-21)11-35(16)10-14/h3,6-10H,4-5,11-12,29H2,1-2H3,(H,30,31,32). The van der Waals surface area contributed by atoms with Crippen molar-refractivity contribution < 1.29 is 22.0 Å². The van der Waals surface area contributed by atoms with Crippen LogP contribution in [0.2, 0.25) is 0 Å². The molecule has 36 heavy (non-hydrogen) atoms. The van der Waals surface area contributed by atoms with Gasteiger partial charge in [-0.2, -0.15) is 22.0 Å². The molecule has 2 aliphatic rings. The Labute approximate surface area is 202 Å². The van der Waals surface area contributed by atoms with Gasteiger partial charge in [-0.05, 0) is 55.3 Å². The van der Waals surface area contributed by atoms with Gasteiger partial charge < -0.3 is 20.2 Å². The van der Waals surface area contributed by atoms with Gasteiger partial charge in [-0.3, -0.25) is 4.99 Å².